The molecular formula is C25H38N2O3. The van der Waals surface area contributed by atoms with E-state index in [0.717, 1.165) is 22.9 Å². The van der Waals surface area contributed by atoms with E-state index in [2.05, 4.69) is 41.5 Å². The third kappa shape index (κ3) is 6.35. The van der Waals surface area contributed by atoms with E-state index in [4.69, 9.17) is 4.74 Å². The number of fused-ring (bicyclic) bond motifs is 1. The first kappa shape index (κ1) is 24.0. The summed E-state index contributed by atoms with van der Waals surface area (Å²) in [4.78, 5) is 28.4. The van der Waals surface area contributed by atoms with Crippen LogP contribution in [-0.2, 0) is 17.8 Å². The van der Waals surface area contributed by atoms with E-state index >= 15 is 0 Å². The monoisotopic (exact) mass is 414 g/mol. The molecule has 0 fully saturated rings. The number of methoxy groups -OCH3 is 1. The number of rotatable bonds is 7. The maximum Gasteiger partial charge on any atom is 0.254 e. The van der Waals surface area contributed by atoms with Crippen LogP contribution in [-0.4, -0.2) is 35.6 Å². The van der Waals surface area contributed by atoms with Gasteiger partial charge < -0.3 is 9.64 Å². The normalized spacial score (nSPS) is 12.3. The third-order valence-corrected chi connectivity index (χ3v) is 5.20. The first-order chi connectivity index (χ1) is 13.8. The number of ether oxygens (including phenoxy) is 1. The van der Waals surface area contributed by atoms with E-state index in [1.54, 1.807) is 11.7 Å². The van der Waals surface area contributed by atoms with Crippen molar-refractivity contribution in [3.63, 3.8) is 0 Å². The van der Waals surface area contributed by atoms with Crippen molar-refractivity contribution in [3.8, 4) is 5.75 Å². The number of nitrogens with zero attached hydrogens (tertiary/aromatic N) is 2. The molecule has 0 aliphatic rings. The van der Waals surface area contributed by atoms with Crippen molar-refractivity contribution in [1.82, 2.24) is 9.47 Å². The number of carbonyl (C=O) groups is 1. The molecule has 0 atom stereocenters. The van der Waals surface area contributed by atoms with E-state index in [-0.39, 0.29) is 28.8 Å². The lowest BCUT2D eigenvalue weighted by atomic mass is 9.91. The van der Waals surface area contributed by atoms with Gasteiger partial charge in [-0.3, -0.25) is 14.2 Å². The van der Waals surface area contributed by atoms with Gasteiger partial charge in [-0.05, 0) is 47.3 Å². The number of aromatic nitrogens is 1. The molecule has 0 aliphatic carbocycles. The SMILES string of the molecule is CCc1cc2ccc(OC)cc2n(CC(=O)N(CCC(C)(C)C)CC(C)(C)C)c1=O. The zero-order chi connectivity index (χ0) is 22.7. The maximum atomic E-state index is 13.4. The standard InChI is InChI=1S/C25H38N2O3/c1-9-18-14-19-10-11-20(30-8)15-21(19)27(23(18)29)16-22(28)26(17-25(5,6)7)13-12-24(2,3)4/h10-11,14-15H,9,12-13,16-17H2,1-8H3. The Morgan fingerprint density at radius 2 is 1.73 bits per heavy atom. The number of hydrogen-bond acceptors (Lipinski definition) is 3. The Hall–Kier alpha value is -2.30. The summed E-state index contributed by atoms with van der Waals surface area (Å²) in [5, 5.41) is 0.942. The Labute approximate surface area is 181 Å². The summed E-state index contributed by atoms with van der Waals surface area (Å²) in [7, 11) is 1.60. The van der Waals surface area contributed by atoms with Gasteiger partial charge in [-0.25, -0.2) is 0 Å². The molecule has 0 saturated carbocycles. The van der Waals surface area contributed by atoms with Gasteiger partial charge >= 0.3 is 0 Å². The van der Waals surface area contributed by atoms with Gasteiger partial charge in [0.2, 0.25) is 5.91 Å². The average molecular weight is 415 g/mol. The molecule has 0 aliphatic heterocycles. The fourth-order valence-electron chi connectivity index (χ4n) is 3.52. The van der Waals surface area contributed by atoms with Gasteiger partial charge in [0.05, 0.1) is 12.6 Å². The summed E-state index contributed by atoms with van der Waals surface area (Å²) in [6.07, 6.45) is 1.54. The lowest BCUT2D eigenvalue weighted by Gasteiger charge is -2.32. The second-order valence-corrected chi connectivity index (χ2v) is 10.5. The molecule has 30 heavy (non-hydrogen) atoms. The quantitative estimate of drug-likeness (QED) is 0.649. The van der Waals surface area contributed by atoms with Crippen LogP contribution in [0.3, 0.4) is 0 Å². The third-order valence-electron chi connectivity index (χ3n) is 5.20. The summed E-state index contributed by atoms with van der Waals surface area (Å²) in [6.45, 7) is 16.3. The van der Waals surface area contributed by atoms with Gasteiger partial charge in [0, 0.05) is 24.7 Å². The predicted octanol–water partition coefficient (Wildman–Crippen LogP) is 4.88. The zero-order valence-corrected chi connectivity index (χ0v) is 20.0. The second kappa shape index (κ2) is 9.23. The minimum Gasteiger partial charge on any atom is -0.497 e. The van der Waals surface area contributed by atoms with E-state index in [0.29, 0.717) is 25.3 Å². The predicted molar refractivity (Wildman–Crippen MR) is 124 cm³/mol. The van der Waals surface area contributed by atoms with Crippen molar-refractivity contribution in [1.29, 1.82) is 0 Å². The molecule has 0 radical (unpaired) electrons. The van der Waals surface area contributed by atoms with Crippen LogP contribution < -0.4 is 10.3 Å². The molecule has 0 N–H and O–H groups in total. The van der Waals surface area contributed by atoms with Gasteiger partial charge in [-0.1, -0.05) is 48.5 Å². The minimum absolute atomic E-state index is 0.0188. The van der Waals surface area contributed by atoms with Crippen LogP contribution in [0.5, 0.6) is 5.75 Å². The number of hydrogen-bond donors (Lipinski definition) is 0. The van der Waals surface area contributed by atoms with Crippen LogP contribution in [0.15, 0.2) is 29.1 Å². The Morgan fingerprint density at radius 1 is 1.07 bits per heavy atom. The van der Waals surface area contributed by atoms with Crippen LogP contribution in [0.4, 0.5) is 0 Å². The van der Waals surface area contributed by atoms with E-state index < -0.39 is 0 Å². The van der Waals surface area contributed by atoms with Crippen LogP contribution in [0, 0.1) is 10.8 Å². The number of pyridine rings is 1. The molecule has 2 aromatic rings. The largest absolute Gasteiger partial charge is 0.497 e. The summed E-state index contributed by atoms with van der Waals surface area (Å²) in [5.41, 5.74) is 1.47. The molecular weight excluding hydrogens is 376 g/mol. The summed E-state index contributed by atoms with van der Waals surface area (Å²) < 4.78 is 6.97. The van der Waals surface area contributed by atoms with E-state index in [9.17, 15) is 9.59 Å². The highest BCUT2D eigenvalue weighted by Gasteiger charge is 2.24. The van der Waals surface area contributed by atoms with Gasteiger partial charge in [0.15, 0.2) is 0 Å². The average Bonchev–Trinajstić information content (AvgIpc) is 2.65. The summed E-state index contributed by atoms with van der Waals surface area (Å²) in [5.74, 6) is 0.653. The van der Waals surface area contributed by atoms with E-state index in [1.807, 2.05) is 36.1 Å². The molecule has 166 valence electrons. The highest BCUT2D eigenvalue weighted by atomic mass is 16.5. The van der Waals surface area contributed by atoms with Crippen molar-refractivity contribution in [2.45, 2.75) is 67.9 Å². The fraction of sp³-hybridized carbons (Fsp3) is 0.600. The van der Waals surface area contributed by atoms with Crippen LogP contribution >= 0.6 is 0 Å². The molecule has 0 saturated heterocycles. The fourth-order valence-corrected chi connectivity index (χ4v) is 3.52. The molecule has 5 nitrogen and oxygen atoms in total. The Morgan fingerprint density at radius 3 is 2.27 bits per heavy atom. The van der Waals surface area contributed by atoms with Crippen molar-refractivity contribution in [2.24, 2.45) is 10.8 Å². The van der Waals surface area contributed by atoms with Crippen molar-refractivity contribution in [2.75, 3.05) is 20.2 Å². The number of carbonyl (C=O) groups excluding carboxylic acids is 1. The second-order valence-electron chi connectivity index (χ2n) is 10.5. The van der Waals surface area contributed by atoms with Gasteiger partial charge in [-0.15, -0.1) is 0 Å². The number of benzene rings is 1. The maximum absolute atomic E-state index is 13.4. The first-order valence-corrected chi connectivity index (χ1v) is 10.8. The molecule has 1 aromatic heterocycles. The van der Waals surface area contributed by atoms with Crippen molar-refractivity contribution in [3.05, 3.63) is 40.2 Å². The van der Waals surface area contributed by atoms with Crippen molar-refractivity contribution >= 4 is 16.8 Å². The Balaban J connectivity index is 2.47. The molecule has 0 unspecified atom stereocenters. The zero-order valence-electron chi connectivity index (χ0n) is 20.0. The lowest BCUT2D eigenvalue weighted by Crippen LogP contribution is -2.42. The smallest absolute Gasteiger partial charge is 0.254 e. The Bertz CT molecular complexity index is 946. The van der Waals surface area contributed by atoms with Crippen LogP contribution in [0.2, 0.25) is 0 Å². The van der Waals surface area contributed by atoms with Crippen molar-refractivity contribution < 1.29 is 9.53 Å². The highest BCUT2D eigenvalue weighted by molar-refractivity contribution is 5.84. The van der Waals surface area contributed by atoms with E-state index in [1.165, 1.54) is 0 Å². The topological polar surface area (TPSA) is 51.5 Å². The number of aryl methyl sites for hydroxylation is 1. The molecule has 2 rings (SSSR count). The number of amides is 1. The first-order valence-electron chi connectivity index (χ1n) is 10.8. The molecule has 1 amide bonds. The Kier molecular flexibility index (Phi) is 7.38. The highest BCUT2D eigenvalue weighted by Crippen LogP contribution is 2.23. The van der Waals surface area contributed by atoms with Crippen LogP contribution in [0.1, 0.15) is 60.5 Å². The summed E-state index contributed by atoms with van der Waals surface area (Å²) >= 11 is 0. The molecule has 5 heteroatoms. The van der Waals surface area contributed by atoms with Gasteiger partial charge in [0.1, 0.15) is 12.3 Å². The lowest BCUT2D eigenvalue weighted by molar-refractivity contribution is -0.133. The van der Waals surface area contributed by atoms with Gasteiger partial charge in [0.25, 0.3) is 5.56 Å². The summed E-state index contributed by atoms with van der Waals surface area (Å²) in [6, 6.07) is 7.59. The molecule has 0 bridgehead atoms. The minimum atomic E-state index is -0.0990. The van der Waals surface area contributed by atoms with Gasteiger partial charge in [-0.2, -0.15) is 0 Å². The molecule has 1 aromatic carbocycles. The molecule has 0 spiro atoms. The molecule has 1 heterocycles. The van der Waals surface area contributed by atoms with Crippen LogP contribution in [0.25, 0.3) is 10.9 Å².